The first-order valence-electron chi connectivity index (χ1n) is 11.0. The van der Waals surface area contributed by atoms with Crippen LogP contribution in [0.2, 0.25) is 0 Å². The Morgan fingerprint density at radius 2 is 1.70 bits per heavy atom. The van der Waals surface area contributed by atoms with Crippen molar-refractivity contribution in [3.05, 3.63) is 84.1 Å². The van der Waals surface area contributed by atoms with Crippen LogP contribution in [0, 0.1) is 0 Å². The molecule has 3 aromatic rings. The van der Waals surface area contributed by atoms with Gasteiger partial charge >= 0.3 is 5.97 Å². The Morgan fingerprint density at radius 1 is 0.970 bits per heavy atom. The summed E-state index contributed by atoms with van der Waals surface area (Å²) in [6, 6.07) is 22.8. The number of hydrogen-bond donors (Lipinski definition) is 0. The van der Waals surface area contributed by atoms with E-state index < -0.39 is 0 Å². The fourth-order valence-corrected chi connectivity index (χ4v) is 4.72. The molecule has 2 aromatic carbocycles. The summed E-state index contributed by atoms with van der Waals surface area (Å²) in [6.07, 6.45) is 1.59. The average molecular weight is 484 g/mol. The molecule has 0 bridgehead atoms. The molecular formula is C26H30ClN3O2S. The van der Waals surface area contributed by atoms with Crippen molar-refractivity contribution in [2.24, 2.45) is 0 Å². The number of aromatic nitrogens is 1. The maximum Gasteiger partial charge on any atom is 0.342 e. The predicted octanol–water partition coefficient (Wildman–Crippen LogP) is 5.54. The molecule has 2 heterocycles. The molecule has 0 spiro atoms. The number of piperazine rings is 1. The van der Waals surface area contributed by atoms with Crippen LogP contribution in [-0.2, 0) is 11.3 Å². The fourth-order valence-electron chi connectivity index (χ4n) is 3.79. The van der Waals surface area contributed by atoms with Gasteiger partial charge in [-0.05, 0) is 55.8 Å². The van der Waals surface area contributed by atoms with Crippen LogP contribution < -0.4 is 4.90 Å². The van der Waals surface area contributed by atoms with Crippen LogP contribution in [0.1, 0.15) is 29.8 Å². The number of rotatable bonds is 7. The van der Waals surface area contributed by atoms with E-state index in [2.05, 4.69) is 63.3 Å². The van der Waals surface area contributed by atoms with E-state index in [0.29, 0.717) is 5.56 Å². The number of benzene rings is 2. The van der Waals surface area contributed by atoms with E-state index in [1.54, 1.807) is 30.1 Å². The third kappa shape index (κ3) is 6.97. The van der Waals surface area contributed by atoms with Gasteiger partial charge in [0.05, 0.1) is 6.10 Å². The summed E-state index contributed by atoms with van der Waals surface area (Å²) in [7, 11) is 0. The van der Waals surface area contributed by atoms with Gasteiger partial charge in [-0.2, -0.15) is 0 Å². The molecule has 0 unspecified atom stereocenters. The standard InChI is InChI=1S/C26H29N3O2S.ClH/c1-20(2)31-26(30)24-12-7-13-27-25(24)29-16-14-28(15-17-29)19-21-8-6-11-23(18-21)32-22-9-4-3-5-10-22;/h3-13,18,20H,14-17,19H2,1-2H3;1H. The third-order valence-electron chi connectivity index (χ3n) is 5.30. The van der Waals surface area contributed by atoms with Crippen LogP contribution in [0.15, 0.2) is 82.7 Å². The Hall–Kier alpha value is -2.54. The maximum atomic E-state index is 12.5. The minimum absolute atomic E-state index is 0. The molecular weight excluding hydrogens is 454 g/mol. The molecule has 0 amide bonds. The van der Waals surface area contributed by atoms with Gasteiger partial charge < -0.3 is 9.64 Å². The highest BCUT2D eigenvalue weighted by Gasteiger charge is 2.23. The quantitative estimate of drug-likeness (QED) is 0.411. The normalized spacial score (nSPS) is 14.1. The van der Waals surface area contributed by atoms with E-state index in [4.69, 9.17) is 4.74 Å². The van der Waals surface area contributed by atoms with Crippen LogP contribution in [0.3, 0.4) is 0 Å². The fraction of sp³-hybridized carbons (Fsp3) is 0.308. The van der Waals surface area contributed by atoms with Crippen LogP contribution in [-0.4, -0.2) is 48.1 Å². The van der Waals surface area contributed by atoms with Gasteiger partial charge in [-0.3, -0.25) is 4.90 Å². The molecule has 1 saturated heterocycles. The number of nitrogens with zero attached hydrogens (tertiary/aromatic N) is 3. The Bertz CT molecular complexity index is 1040. The molecule has 7 heteroatoms. The lowest BCUT2D eigenvalue weighted by Gasteiger charge is -2.36. The SMILES string of the molecule is CC(C)OC(=O)c1cccnc1N1CCN(Cc2cccc(Sc3ccccc3)c2)CC1.Cl. The summed E-state index contributed by atoms with van der Waals surface area (Å²) in [4.78, 5) is 24.1. The topological polar surface area (TPSA) is 45.7 Å². The largest absolute Gasteiger partial charge is 0.459 e. The Balaban J connectivity index is 0.00000306. The van der Waals surface area contributed by atoms with Gasteiger partial charge in [0, 0.05) is 48.7 Å². The molecule has 0 radical (unpaired) electrons. The molecule has 5 nitrogen and oxygen atoms in total. The average Bonchev–Trinajstić information content (AvgIpc) is 2.80. The van der Waals surface area contributed by atoms with E-state index in [0.717, 1.165) is 38.5 Å². The molecule has 1 fully saturated rings. The zero-order valence-electron chi connectivity index (χ0n) is 19.0. The van der Waals surface area contributed by atoms with Crippen molar-refractivity contribution in [1.29, 1.82) is 0 Å². The van der Waals surface area contributed by atoms with E-state index in [9.17, 15) is 4.79 Å². The zero-order chi connectivity index (χ0) is 22.3. The zero-order valence-corrected chi connectivity index (χ0v) is 20.6. The van der Waals surface area contributed by atoms with E-state index in [1.807, 2.05) is 19.9 Å². The van der Waals surface area contributed by atoms with Gasteiger partial charge in [0.2, 0.25) is 0 Å². The highest BCUT2D eigenvalue weighted by molar-refractivity contribution is 7.99. The molecule has 0 atom stereocenters. The van der Waals surface area contributed by atoms with E-state index in [-0.39, 0.29) is 24.5 Å². The Kier molecular flexibility index (Phi) is 9.18. The van der Waals surface area contributed by atoms with E-state index >= 15 is 0 Å². The van der Waals surface area contributed by atoms with Crippen molar-refractivity contribution in [3.8, 4) is 0 Å². The van der Waals surface area contributed by atoms with Gasteiger partial charge in [0.15, 0.2) is 0 Å². The lowest BCUT2D eigenvalue weighted by Crippen LogP contribution is -2.46. The lowest BCUT2D eigenvalue weighted by molar-refractivity contribution is 0.0378. The molecule has 174 valence electrons. The van der Waals surface area contributed by atoms with Crippen molar-refractivity contribution in [2.75, 3.05) is 31.1 Å². The highest BCUT2D eigenvalue weighted by Crippen LogP contribution is 2.28. The number of carbonyl (C=O) groups is 1. The molecule has 0 N–H and O–H groups in total. The summed E-state index contributed by atoms with van der Waals surface area (Å²) in [5, 5.41) is 0. The maximum absolute atomic E-state index is 12.5. The lowest BCUT2D eigenvalue weighted by atomic mass is 10.2. The Labute approximate surface area is 206 Å². The molecule has 4 rings (SSSR count). The van der Waals surface area contributed by atoms with Gasteiger partial charge in [-0.15, -0.1) is 12.4 Å². The van der Waals surface area contributed by atoms with Crippen LogP contribution in [0.25, 0.3) is 0 Å². The summed E-state index contributed by atoms with van der Waals surface area (Å²) in [6.45, 7) is 8.15. The summed E-state index contributed by atoms with van der Waals surface area (Å²) in [5.41, 5.74) is 1.86. The van der Waals surface area contributed by atoms with Crippen LogP contribution >= 0.6 is 24.2 Å². The van der Waals surface area contributed by atoms with Gasteiger partial charge in [0.25, 0.3) is 0 Å². The minimum Gasteiger partial charge on any atom is -0.459 e. The second-order valence-electron chi connectivity index (χ2n) is 8.15. The predicted molar refractivity (Wildman–Crippen MR) is 137 cm³/mol. The number of pyridine rings is 1. The molecule has 1 aliphatic heterocycles. The molecule has 1 aliphatic rings. The summed E-state index contributed by atoms with van der Waals surface area (Å²) in [5.74, 6) is 0.414. The molecule has 0 saturated carbocycles. The number of ether oxygens (including phenoxy) is 1. The highest BCUT2D eigenvalue weighted by atomic mass is 35.5. The van der Waals surface area contributed by atoms with Gasteiger partial charge in [-0.1, -0.05) is 42.1 Å². The first kappa shape index (κ1) is 25.1. The van der Waals surface area contributed by atoms with Crippen LogP contribution in [0.4, 0.5) is 5.82 Å². The Morgan fingerprint density at radius 3 is 2.42 bits per heavy atom. The van der Waals surface area contributed by atoms with Gasteiger partial charge in [-0.25, -0.2) is 9.78 Å². The van der Waals surface area contributed by atoms with E-state index in [1.165, 1.54) is 15.4 Å². The van der Waals surface area contributed by atoms with Crippen molar-refractivity contribution < 1.29 is 9.53 Å². The third-order valence-corrected chi connectivity index (χ3v) is 6.30. The molecule has 0 aliphatic carbocycles. The van der Waals surface area contributed by atoms with Gasteiger partial charge in [0.1, 0.15) is 11.4 Å². The second kappa shape index (κ2) is 12.1. The van der Waals surface area contributed by atoms with Crippen molar-refractivity contribution >= 4 is 36.0 Å². The number of hydrogen-bond acceptors (Lipinski definition) is 6. The minimum atomic E-state index is -0.307. The summed E-state index contributed by atoms with van der Waals surface area (Å²) < 4.78 is 5.40. The number of carbonyl (C=O) groups excluding carboxylic acids is 1. The van der Waals surface area contributed by atoms with Crippen LogP contribution in [0.5, 0.6) is 0 Å². The number of esters is 1. The molecule has 1 aromatic heterocycles. The van der Waals surface area contributed by atoms with Crippen molar-refractivity contribution in [1.82, 2.24) is 9.88 Å². The first-order valence-corrected chi connectivity index (χ1v) is 11.9. The number of halogens is 1. The number of anilines is 1. The molecule has 33 heavy (non-hydrogen) atoms. The van der Waals surface area contributed by atoms with Crippen molar-refractivity contribution in [2.45, 2.75) is 36.3 Å². The monoisotopic (exact) mass is 483 g/mol. The van der Waals surface area contributed by atoms with Crippen molar-refractivity contribution in [3.63, 3.8) is 0 Å². The summed E-state index contributed by atoms with van der Waals surface area (Å²) >= 11 is 1.79. The smallest absolute Gasteiger partial charge is 0.342 e. The second-order valence-corrected chi connectivity index (χ2v) is 9.30. The first-order chi connectivity index (χ1) is 15.6.